The summed E-state index contributed by atoms with van der Waals surface area (Å²) in [6.07, 6.45) is 0. The molecule has 1 fully saturated rings. The summed E-state index contributed by atoms with van der Waals surface area (Å²) in [6, 6.07) is 10.3. The van der Waals surface area contributed by atoms with Crippen LogP contribution in [0.2, 0.25) is 0 Å². The number of rotatable bonds is 4. The second kappa shape index (κ2) is 7.96. The molecule has 1 aromatic heterocycles. The molecule has 1 aliphatic rings. The van der Waals surface area contributed by atoms with Gasteiger partial charge in [-0.1, -0.05) is 12.1 Å². The van der Waals surface area contributed by atoms with Crippen LogP contribution < -0.4 is 9.64 Å². The number of methoxy groups -OCH3 is 1. The van der Waals surface area contributed by atoms with Crippen molar-refractivity contribution < 1.29 is 28.2 Å². The fraction of sp³-hybridized carbons (Fsp3) is 0.130. The molecule has 1 amide bonds. The van der Waals surface area contributed by atoms with E-state index in [0.717, 1.165) is 22.6 Å². The summed E-state index contributed by atoms with van der Waals surface area (Å²) in [5, 5.41) is 12.8. The van der Waals surface area contributed by atoms with Crippen molar-refractivity contribution in [1.29, 1.82) is 0 Å². The van der Waals surface area contributed by atoms with Crippen molar-refractivity contribution >= 4 is 34.5 Å². The number of halogens is 2. The Kier molecular flexibility index (Phi) is 5.32. The fourth-order valence-corrected chi connectivity index (χ4v) is 4.60. The van der Waals surface area contributed by atoms with Gasteiger partial charge in [-0.2, -0.15) is 0 Å². The molecule has 2 heterocycles. The van der Waals surface area contributed by atoms with Gasteiger partial charge in [0.1, 0.15) is 17.6 Å². The molecule has 0 spiro atoms. The Hall–Kier alpha value is -3.52. The molecule has 8 heteroatoms. The highest BCUT2D eigenvalue weighted by molar-refractivity contribution is 7.10. The minimum absolute atomic E-state index is 0.0171. The third-order valence-corrected chi connectivity index (χ3v) is 6.19. The summed E-state index contributed by atoms with van der Waals surface area (Å²) in [7, 11) is 1.47. The molecule has 2 aromatic carbocycles. The van der Waals surface area contributed by atoms with Gasteiger partial charge in [0, 0.05) is 22.2 Å². The first kappa shape index (κ1) is 20.7. The van der Waals surface area contributed by atoms with Crippen LogP contribution in [-0.2, 0) is 9.59 Å². The summed E-state index contributed by atoms with van der Waals surface area (Å²) in [4.78, 5) is 27.7. The Bertz CT molecular complexity index is 1230. The zero-order valence-corrected chi connectivity index (χ0v) is 17.4. The number of carbonyl (C=O) groups excluding carboxylic acids is 2. The first-order chi connectivity index (χ1) is 14.8. The molecule has 3 aromatic rings. The minimum atomic E-state index is -1.14. The van der Waals surface area contributed by atoms with E-state index in [4.69, 9.17) is 4.74 Å². The summed E-state index contributed by atoms with van der Waals surface area (Å²) in [5.41, 5.74) is 0.972. The molecule has 5 nitrogen and oxygen atoms in total. The van der Waals surface area contributed by atoms with E-state index < -0.39 is 29.4 Å². The molecule has 4 rings (SSSR count). The quantitative estimate of drug-likeness (QED) is 0.353. The third kappa shape index (κ3) is 3.48. The van der Waals surface area contributed by atoms with Gasteiger partial charge < -0.3 is 9.84 Å². The molecule has 1 unspecified atom stereocenters. The number of Topliss-reactive ketones (excluding diaryl/α,β-unsaturated/α-hetero) is 1. The van der Waals surface area contributed by atoms with Gasteiger partial charge in [0.25, 0.3) is 11.7 Å². The molecular formula is C23H17F2NO4S. The lowest BCUT2D eigenvalue weighted by atomic mass is 9.98. The van der Waals surface area contributed by atoms with E-state index in [1.165, 1.54) is 24.5 Å². The van der Waals surface area contributed by atoms with Crippen molar-refractivity contribution in [2.75, 3.05) is 12.0 Å². The van der Waals surface area contributed by atoms with E-state index in [-0.39, 0.29) is 17.0 Å². The Morgan fingerprint density at radius 3 is 2.52 bits per heavy atom. The predicted molar refractivity (Wildman–Crippen MR) is 113 cm³/mol. The summed E-state index contributed by atoms with van der Waals surface area (Å²) < 4.78 is 32.6. The van der Waals surface area contributed by atoms with Gasteiger partial charge in [-0.15, -0.1) is 11.3 Å². The molecule has 1 atom stereocenters. The monoisotopic (exact) mass is 441 g/mol. The molecule has 31 heavy (non-hydrogen) atoms. The second-order valence-corrected chi connectivity index (χ2v) is 7.92. The molecule has 1 aliphatic heterocycles. The first-order valence-corrected chi connectivity index (χ1v) is 10.2. The Morgan fingerprint density at radius 2 is 1.87 bits per heavy atom. The SMILES string of the molecule is COc1cccc(/C(O)=C2/C(=O)C(=O)N(c3ccc(F)c(F)c3)C2c2sccc2C)c1. The number of thiophene rings is 1. The van der Waals surface area contributed by atoms with E-state index in [9.17, 15) is 23.5 Å². The maximum absolute atomic E-state index is 13.9. The molecule has 1 saturated heterocycles. The van der Waals surface area contributed by atoms with Crippen LogP contribution in [-0.4, -0.2) is 23.9 Å². The van der Waals surface area contributed by atoms with Gasteiger partial charge in [0.15, 0.2) is 11.6 Å². The van der Waals surface area contributed by atoms with Crippen LogP contribution in [0.1, 0.15) is 22.0 Å². The van der Waals surface area contributed by atoms with Crippen molar-refractivity contribution in [3.05, 3.63) is 87.1 Å². The molecular weight excluding hydrogens is 424 g/mol. The van der Waals surface area contributed by atoms with Crippen molar-refractivity contribution in [1.82, 2.24) is 0 Å². The highest BCUT2D eigenvalue weighted by Crippen LogP contribution is 2.45. The zero-order valence-electron chi connectivity index (χ0n) is 16.6. The van der Waals surface area contributed by atoms with E-state index >= 15 is 0 Å². The number of aryl methyl sites for hydroxylation is 1. The molecule has 0 bridgehead atoms. The van der Waals surface area contributed by atoms with Gasteiger partial charge in [-0.05, 0) is 48.2 Å². The van der Waals surface area contributed by atoms with Crippen LogP contribution >= 0.6 is 11.3 Å². The molecule has 0 saturated carbocycles. The number of aliphatic hydroxyl groups excluding tert-OH is 1. The highest BCUT2D eigenvalue weighted by Gasteiger charge is 2.48. The van der Waals surface area contributed by atoms with Crippen molar-refractivity contribution in [2.45, 2.75) is 13.0 Å². The predicted octanol–water partition coefficient (Wildman–Crippen LogP) is 4.97. The number of hydrogen-bond acceptors (Lipinski definition) is 5. The Labute approximate surface area is 180 Å². The number of carbonyl (C=O) groups is 2. The number of anilines is 1. The molecule has 1 N–H and O–H groups in total. The second-order valence-electron chi connectivity index (χ2n) is 6.97. The number of ketones is 1. The maximum atomic E-state index is 13.9. The number of aliphatic hydroxyl groups is 1. The fourth-order valence-electron chi connectivity index (χ4n) is 3.57. The molecule has 0 aliphatic carbocycles. The number of amides is 1. The van der Waals surface area contributed by atoms with Crippen LogP contribution in [0.4, 0.5) is 14.5 Å². The summed E-state index contributed by atoms with van der Waals surface area (Å²) in [5.74, 6) is -3.98. The van der Waals surface area contributed by atoms with Crippen LogP contribution in [0.25, 0.3) is 5.76 Å². The van der Waals surface area contributed by atoms with Gasteiger partial charge in [-0.25, -0.2) is 8.78 Å². The van der Waals surface area contributed by atoms with Gasteiger partial charge >= 0.3 is 0 Å². The zero-order chi connectivity index (χ0) is 22.3. The van der Waals surface area contributed by atoms with Crippen LogP contribution in [0, 0.1) is 18.6 Å². The van der Waals surface area contributed by atoms with Gasteiger partial charge in [0.2, 0.25) is 0 Å². The van der Waals surface area contributed by atoms with Crippen molar-refractivity contribution in [3.8, 4) is 5.75 Å². The number of ether oxygens (including phenoxy) is 1. The average Bonchev–Trinajstić information content (AvgIpc) is 3.30. The highest BCUT2D eigenvalue weighted by atomic mass is 32.1. The first-order valence-electron chi connectivity index (χ1n) is 9.28. The number of benzene rings is 2. The van der Waals surface area contributed by atoms with E-state index in [1.807, 2.05) is 13.0 Å². The molecule has 158 valence electrons. The summed E-state index contributed by atoms with van der Waals surface area (Å²) >= 11 is 1.30. The Balaban J connectivity index is 1.96. The Morgan fingerprint density at radius 1 is 1.10 bits per heavy atom. The third-order valence-electron chi connectivity index (χ3n) is 5.12. The van der Waals surface area contributed by atoms with Crippen LogP contribution in [0.5, 0.6) is 5.75 Å². The lowest BCUT2D eigenvalue weighted by Crippen LogP contribution is -2.29. The normalized spacial score (nSPS) is 17.9. The van der Waals surface area contributed by atoms with Gasteiger partial charge in [0.05, 0.1) is 12.7 Å². The van der Waals surface area contributed by atoms with Crippen molar-refractivity contribution in [3.63, 3.8) is 0 Å². The minimum Gasteiger partial charge on any atom is -0.507 e. The number of nitrogens with zero attached hydrogens (tertiary/aromatic N) is 1. The van der Waals surface area contributed by atoms with E-state index in [0.29, 0.717) is 16.2 Å². The van der Waals surface area contributed by atoms with Crippen LogP contribution in [0.15, 0.2) is 59.5 Å². The lowest BCUT2D eigenvalue weighted by Gasteiger charge is -2.25. The van der Waals surface area contributed by atoms with Crippen molar-refractivity contribution in [2.24, 2.45) is 0 Å². The molecule has 0 radical (unpaired) electrons. The standard InChI is InChI=1S/C23H17F2NO4S/c1-12-8-9-31-22(12)19-18(20(27)13-4-3-5-15(10-13)30-2)21(28)23(29)26(19)14-6-7-16(24)17(25)11-14/h3-11,19,27H,1-2H3/b20-18-. The van der Waals surface area contributed by atoms with Gasteiger partial charge in [-0.3, -0.25) is 14.5 Å². The maximum Gasteiger partial charge on any atom is 0.300 e. The topological polar surface area (TPSA) is 66.8 Å². The van der Waals surface area contributed by atoms with E-state index in [2.05, 4.69) is 0 Å². The smallest absolute Gasteiger partial charge is 0.300 e. The average molecular weight is 441 g/mol. The summed E-state index contributed by atoms with van der Waals surface area (Å²) in [6.45, 7) is 1.81. The van der Waals surface area contributed by atoms with E-state index in [1.54, 1.807) is 29.6 Å². The number of hydrogen-bond donors (Lipinski definition) is 1. The largest absolute Gasteiger partial charge is 0.507 e. The lowest BCUT2D eigenvalue weighted by molar-refractivity contribution is -0.132. The van der Waals surface area contributed by atoms with Crippen LogP contribution in [0.3, 0.4) is 0 Å².